The van der Waals surface area contributed by atoms with Crippen molar-refractivity contribution in [2.75, 3.05) is 0 Å². The van der Waals surface area contributed by atoms with E-state index in [0.29, 0.717) is 11.0 Å². The molecule has 19 heavy (non-hydrogen) atoms. The zero-order valence-electron chi connectivity index (χ0n) is 10.3. The first kappa shape index (κ1) is 11.7. The highest BCUT2D eigenvalue weighted by Crippen LogP contribution is 2.43. The fraction of sp³-hybridized carbons (Fsp3) is 0.308. The SMILES string of the molecule is CC1(n2c(=O)c(=O)[nH]c3cccc(C(=O)O)c32)CC1. The Balaban J connectivity index is 2.57. The van der Waals surface area contributed by atoms with Gasteiger partial charge in [-0.3, -0.25) is 14.2 Å². The van der Waals surface area contributed by atoms with E-state index in [0.717, 1.165) is 12.8 Å². The molecule has 0 amide bonds. The number of nitrogens with zero attached hydrogens (tertiary/aromatic N) is 1. The summed E-state index contributed by atoms with van der Waals surface area (Å²) in [7, 11) is 0. The summed E-state index contributed by atoms with van der Waals surface area (Å²) >= 11 is 0. The Hall–Kier alpha value is -2.37. The summed E-state index contributed by atoms with van der Waals surface area (Å²) in [6, 6.07) is 4.58. The number of benzene rings is 1. The van der Waals surface area contributed by atoms with Crippen LogP contribution in [0.4, 0.5) is 0 Å². The number of carboxylic acid groups (broad SMARTS) is 1. The lowest BCUT2D eigenvalue weighted by molar-refractivity contribution is 0.0698. The van der Waals surface area contributed by atoms with Crippen LogP contribution in [0, 0.1) is 0 Å². The fourth-order valence-corrected chi connectivity index (χ4v) is 2.36. The molecule has 1 aromatic heterocycles. The van der Waals surface area contributed by atoms with Crippen molar-refractivity contribution in [2.24, 2.45) is 0 Å². The lowest BCUT2D eigenvalue weighted by Crippen LogP contribution is -2.41. The van der Waals surface area contributed by atoms with Gasteiger partial charge >= 0.3 is 17.1 Å². The lowest BCUT2D eigenvalue weighted by atomic mass is 10.1. The van der Waals surface area contributed by atoms with Crippen LogP contribution in [-0.4, -0.2) is 20.6 Å². The van der Waals surface area contributed by atoms with E-state index in [1.807, 2.05) is 6.92 Å². The van der Waals surface area contributed by atoms with E-state index < -0.39 is 22.6 Å². The average Bonchev–Trinajstić information content (AvgIpc) is 3.08. The number of aromatic carboxylic acids is 1. The number of rotatable bonds is 2. The van der Waals surface area contributed by atoms with Crippen LogP contribution in [0.3, 0.4) is 0 Å². The highest BCUT2D eigenvalue weighted by molar-refractivity contribution is 6.00. The molecule has 0 aliphatic heterocycles. The number of aromatic nitrogens is 2. The van der Waals surface area contributed by atoms with Crippen LogP contribution in [0.5, 0.6) is 0 Å². The number of fused-ring (bicyclic) bond motifs is 1. The minimum atomic E-state index is -1.12. The largest absolute Gasteiger partial charge is 0.478 e. The van der Waals surface area contributed by atoms with Crippen LogP contribution in [0.2, 0.25) is 0 Å². The van der Waals surface area contributed by atoms with Gasteiger partial charge in [0.2, 0.25) is 0 Å². The van der Waals surface area contributed by atoms with E-state index in [-0.39, 0.29) is 5.56 Å². The zero-order valence-corrected chi connectivity index (χ0v) is 10.3. The molecule has 1 aromatic carbocycles. The number of carbonyl (C=O) groups is 1. The van der Waals surface area contributed by atoms with Crippen molar-refractivity contribution in [3.05, 3.63) is 44.5 Å². The van der Waals surface area contributed by atoms with Crippen LogP contribution < -0.4 is 11.1 Å². The van der Waals surface area contributed by atoms with E-state index in [4.69, 9.17) is 0 Å². The summed E-state index contributed by atoms with van der Waals surface area (Å²) in [6.45, 7) is 1.85. The van der Waals surface area contributed by atoms with Gasteiger partial charge in [-0.05, 0) is 31.9 Å². The van der Waals surface area contributed by atoms with E-state index in [2.05, 4.69) is 4.98 Å². The number of para-hydroxylation sites is 1. The second-order valence-electron chi connectivity index (χ2n) is 5.10. The summed E-state index contributed by atoms with van der Waals surface area (Å²) in [5.41, 5.74) is -1.17. The maximum atomic E-state index is 12.1. The van der Waals surface area contributed by atoms with Crippen molar-refractivity contribution in [1.82, 2.24) is 9.55 Å². The van der Waals surface area contributed by atoms with Crippen molar-refractivity contribution in [3.8, 4) is 0 Å². The molecule has 0 bridgehead atoms. The molecule has 98 valence electrons. The molecule has 0 radical (unpaired) electrons. The van der Waals surface area contributed by atoms with E-state index in [9.17, 15) is 19.5 Å². The number of H-pyrrole nitrogens is 1. The summed E-state index contributed by atoms with van der Waals surface area (Å²) in [4.78, 5) is 37.5. The predicted octanol–water partition coefficient (Wildman–Crippen LogP) is 0.897. The topological polar surface area (TPSA) is 92.2 Å². The minimum Gasteiger partial charge on any atom is -0.478 e. The van der Waals surface area contributed by atoms with Crippen LogP contribution in [-0.2, 0) is 5.54 Å². The molecule has 0 unspecified atom stereocenters. The van der Waals surface area contributed by atoms with E-state index in [1.54, 1.807) is 12.1 Å². The minimum absolute atomic E-state index is 0.0268. The quantitative estimate of drug-likeness (QED) is 0.784. The van der Waals surface area contributed by atoms with E-state index >= 15 is 0 Å². The molecular formula is C13H12N2O4. The molecule has 2 N–H and O–H groups in total. The first-order valence-electron chi connectivity index (χ1n) is 5.96. The number of nitrogens with one attached hydrogen (secondary N) is 1. The zero-order chi connectivity index (χ0) is 13.8. The smallest absolute Gasteiger partial charge is 0.337 e. The van der Waals surface area contributed by atoms with Crippen molar-refractivity contribution in [2.45, 2.75) is 25.3 Å². The summed E-state index contributed by atoms with van der Waals surface area (Å²) in [5.74, 6) is -1.12. The second-order valence-corrected chi connectivity index (χ2v) is 5.10. The summed E-state index contributed by atoms with van der Waals surface area (Å²) < 4.78 is 1.34. The van der Waals surface area contributed by atoms with Gasteiger partial charge in [-0.15, -0.1) is 0 Å². The maximum Gasteiger partial charge on any atom is 0.337 e. The van der Waals surface area contributed by atoms with Crippen molar-refractivity contribution >= 4 is 17.0 Å². The Labute approximate surface area is 107 Å². The summed E-state index contributed by atoms with van der Waals surface area (Å²) in [5, 5.41) is 9.25. The molecule has 1 aliphatic carbocycles. The highest BCUT2D eigenvalue weighted by Gasteiger charge is 2.42. The second kappa shape index (κ2) is 3.57. The van der Waals surface area contributed by atoms with Gasteiger partial charge < -0.3 is 10.1 Å². The lowest BCUT2D eigenvalue weighted by Gasteiger charge is -2.17. The van der Waals surface area contributed by atoms with Gasteiger partial charge in [0, 0.05) is 5.54 Å². The van der Waals surface area contributed by atoms with Crippen LogP contribution in [0.1, 0.15) is 30.1 Å². The monoisotopic (exact) mass is 260 g/mol. The molecular weight excluding hydrogens is 248 g/mol. The first-order chi connectivity index (χ1) is 8.94. The molecule has 1 aliphatic rings. The Morgan fingerprint density at radius 3 is 2.63 bits per heavy atom. The molecule has 1 heterocycles. The molecule has 0 spiro atoms. The number of aromatic amines is 1. The fourth-order valence-electron chi connectivity index (χ4n) is 2.36. The van der Waals surface area contributed by atoms with Crippen LogP contribution in [0.15, 0.2) is 27.8 Å². The Morgan fingerprint density at radius 1 is 1.37 bits per heavy atom. The van der Waals surface area contributed by atoms with Gasteiger partial charge in [0.25, 0.3) is 0 Å². The third-order valence-corrected chi connectivity index (χ3v) is 3.65. The molecule has 0 atom stereocenters. The van der Waals surface area contributed by atoms with Gasteiger partial charge in [0.05, 0.1) is 16.6 Å². The van der Waals surface area contributed by atoms with Crippen LogP contribution >= 0.6 is 0 Å². The van der Waals surface area contributed by atoms with Crippen LogP contribution in [0.25, 0.3) is 11.0 Å². The first-order valence-corrected chi connectivity index (χ1v) is 5.96. The number of carboxylic acids is 1. The van der Waals surface area contributed by atoms with Gasteiger partial charge in [0.1, 0.15) is 0 Å². The third kappa shape index (κ3) is 1.60. The Bertz CT molecular complexity index is 811. The standard InChI is InChI=1S/C13H12N2O4/c1-13(5-6-13)15-9-7(12(18)19)3-2-4-8(9)14-10(16)11(15)17/h2-4H,5-6H2,1H3,(H,14,16)(H,18,19). The van der Waals surface area contributed by atoms with Crippen molar-refractivity contribution in [1.29, 1.82) is 0 Å². The number of hydrogen-bond acceptors (Lipinski definition) is 3. The summed E-state index contributed by atoms with van der Waals surface area (Å²) in [6.07, 6.45) is 1.53. The Kier molecular flexibility index (Phi) is 2.20. The van der Waals surface area contributed by atoms with E-state index in [1.165, 1.54) is 10.6 Å². The van der Waals surface area contributed by atoms with Gasteiger partial charge in [-0.25, -0.2) is 4.79 Å². The normalized spacial score (nSPS) is 16.5. The van der Waals surface area contributed by atoms with Gasteiger partial charge in [0.15, 0.2) is 0 Å². The van der Waals surface area contributed by atoms with Crippen molar-refractivity contribution < 1.29 is 9.90 Å². The maximum absolute atomic E-state index is 12.1. The molecule has 6 nitrogen and oxygen atoms in total. The molecule has 6 heteroatoms. The highest BCUT2D eigenvalue weighted by atomic mass is 16.4. The molecule has 1 fully saturated rings. The van der Waals surface area contributed by atoms with Gasteiger partial charge in [-0.2, -0.15) is 0 Å². The molecule has 0 saturated heterocycles. The number of hydrogen-bond donors (Lipinski definition) is 2. The predicted molar refractivity (Wildman–Crippen MR) is 68.7 cm³/mol. The average molecular weight is 260 g/mol. The third-order valence-electron chi connectivity index (χ3n) is 3.65. The van der Waals surface area contributed by atoms with Crippen molar-refractivity contribution in [3.63, 3.8) is 0 Å². The van der Waals surface area contributed by atoms with Gasteiger partial charge in [-0.1, -0.05) is 6.07 Å². The molecule has 3 rings (SSSR count). The molecule has 2 aromatic rings. The Morgan fingerprint density at radius 2 is 2.05 bits per heavy atom. The molecule has 1 saturated carbocycles.